The number of hydrogen-bond donors (Lipinski definition) is 0. The van der Waals surface area contributed by atoms with Crippen LogP contribution in [0.3, 0.4) is 0 Å². The predicted octanol–water partition coefficient (Wildman–Crippen LogP) is 1.81. The third-order valence-corrected chi connectivity index (χ3v) is 3.13. The van der Waals surface area contributed by atoms with Crippen molar-refractivity contribution in [3.05, 3.63) is 35.4 Å². The highest BCUT2D eigenvalue weighted by atomic mass is 16.5. The lowest BCUT2D eigenvalue weighted by atomic mass is 10.0. The quantitative estimate of drug-likeness (QED) is 0.757. The van der Waals surface area contributed by atoms with E-state index in [2.05, 4.69) is 6.07 Å². The molecule has 1 amide bonds. The summed E-state index contributed by atoms with van der Waals surface area (Å²) in [4.78, 5) is 14.3. The van der Waals surface area contributed by atoms with Crippen molar-refractivity contribution < 1.29 is 9.53 Å². The Morgan fingerprint density at radius 1 is 1.50 bits per heavy atom. The summed E-state index contributed by atoms with van der Waals surface area (Å²) >= 11 is 0. The highest BCUT2D eigenvalue weighted by Gasteiger charge is 2.34. The third-order valence-electron chi connectivity index (χ3n) is 3.13. The van der Waals surface area contributed by atoms with Crippen molar-refractivity contribution >= 4 is 5.91 Å². The average Bonchev–Trinajstić information content (AvgIpc) is 2.37. The monoisotopic (exact) mass is 244 g/mol. The molecular weight excluding hydrogens is 228 g/mol. The van der Waals surface area contributed by atoms with Crippen LogP contribution >= 0.6 is 0 Å². The molecular formula is C14H16N2O2. The summed E-state index contributed by atoms with van der Waals surface area (Å²) in [5.74, 6) is -0.0413. The molecule has 0 radical (unpaired) electrons. The Bertz CT molecular complexity index is 503. The summed E-state index contributed by atoms with van der Waals surface area (Å²) in [5, 5.41) is 8.86. The van der Waals surface area contributed by atoms with Crippen LogP contribution < -0.4 is 0 Å². The number of nitrogens with zero attached hydrogens (tertiary/aromatic N) is 2. The van der Waals surface area contributed by atoms with Crippen molar-refractivity contribution in [2.24, 2.45) is 0 Å². The molecule has 0 saturated carbocycles. The summed E-state index contributed by atoms with van der Waals surface area (Å²) < 4.78 is 5.40. The first-order valence-corrected chi connectivity index (χ1v) is 5.94. The molecule has 0 bridgehead atoms. The molecule has 0 atom stereocenters. The Balaban J connectivity index is 2.27. The lowest BCUT2D eigenvalue weighted by molar-refractivity contribution is -0.0370. The van der Waals surface area contributed by atoms with Crippen LogP contribution in [-0.4, -0.2) is 36.1 Å². The van der Waals surface area contributed by atoms with Crippen molar-refractivity contribution in [2.75, 3.05) is 19.8 Å². The van der Waals surface area contributed by atoms with Crippen molar-refractivity contribution in [3.63, 3.8) is 0 Å². The fraction of sp³-hybridized carbons (Fsp3) is 0.429. The van der Waals surface area contributed by atoms with Crippen LogP contribution in [-0.2, 0) is 4.74 Å². The minimum Gasteiger partial charge on any atom is -0.377 e. The number of carbonyl (C=O) groups is 1. The summed E-state index contributed by atoms with van der Waals surface area (Å²) in [5.41, 5.74) is 0.758. The SMILES string of the molecule is CC1(C)COCCN1C(=O)c1cccc(C#N)c1. The Morgan fingerprint density at radius 3 is 2.94 bits per heavy atom. The van der Waals surface area contributed by atoms with Gasteiger partial charge in [-0.15, -0.1) is 0 Å². The molecule has 0 N–H and O–H groups in total. The van der Waals surface area contributed by atoms with Gasteiger partial charge in [0, 0.05) is 12.1 Å². The fourth-order valence-corrected chi connectivity index (χ4v) is 2.11. The molecule has 4 nitrogen and oxygen atoms in total. The highest BCUT2D eigenvalue weighted by Crippen LogP contribution is 2.21. The molecule has 0 unspecified atom stereocenters. The first kappa shape index (κ1) is 12.6. The Kier molecular flexibility index (Phi) is 3.35. The van der Waals surface area contributed by atoms with Crippen LogP contribution in [0.1, 0.15) is 29.8 Å². The van der Waals surface area contributed by atoms with Gasteiger partial charge in [0.05, 0.1) is 30.4 Å². The Morgan fingerprint density at radius 2 is 2.28 bits per heavy atom. The van der Waals surface area contributed by atoms with Crippen LogP contribution in [0.2, 0.25) is 0 Å². The normalized spacial score (nSPS) is 18.2. The number of amides is 1. The molecule has 1 fully saturated rings. The standard InChI is InChI=1S/C14H16N2O2/c1-14(2)10-18-7-6-16(14)13(17)12-5-3-4-11(8-12)9-15/h3-5,8H,6-7,10H2,1-2H3. The number of benzene rings is 1. The van der Waals surface area contributed by atoms with Crippen molar-refractivity contribution in [2.45, 2.75) is 19.4 Å². The van der Waals surface area contributed by atoms with Gasteiger partial charge in [0.1, 0.15) is 0 Å². The maximum Gasteiger partial charge on any atom is 0.254 e. The lowest BCUT2D eigenvalue weighted by Gasteiger charge is -2.42. The van der Waals surface area contributed by atoms with Gasteiger partial charge in [-0.2, -0.15) is 5.26 Å². The van der Waals surface area contributed by atoms with Gasteiger partial charge >= 0.3 is 0 Å². The fourth-order valence-electron chi connectivity index (χ4n) is 2.11. The molecule has 1 aliphatic heterocycles. The van der Waals surface area contributed by atoms with E-state index >= 15 is 0 Å². The van der Waals surface area contributed by atoms with Gasteiger partial charge in [-0.05, 0) is 32.0 Å². The van der Waals surface area contributed by atoms with Crippen LogP contribution in [0, 0.1) is 11.3 Å². The van der Waals surface area contributed by atoms with E-state index in [0.29, 0.717) is 30.9 Å². The predicted molar refractivity (Wildman–Crippen MR) is 67.1 cm³/mol. The maximum atomic E-state index is 12.4. The van der Waals surface area contributed by atoms with Gasteiger partial charge in [-0.25, -0.2) is 0 Å². The van der Waals surface area contributed by atoms with Gasteiger partial charge in [0.25, 0.3) is 5.91 Å². The number of hydrogen-bond acceptors (Lipinski definition) is 3. The van der Waals surface area contributed by atoms with Gasteiger partial charge in [-0.1, -0.05) is 6.07 Å². The second kappa shape index (κ2) is 4.79. The van der Waals surface area contributed by atoms with E-state index < -0.39 is 0 Å². The van der Waals surface area contributed by atoms with Gasteiger partial charge in [-0.3, -0.25) is 4.79 Å². The van der Waals surface area contributed by atoms with E-state index in [1.807, 2.05) is 18.7 Å². The number of rotatable bonds is 1. The molecule has 1 aromatic carbocycles. The van der Waals surface area contributed by atoms with Crippen LogP contribution in [0.15, 0.2) is 24.3 Å². The maximum absolute atomic E-state index is 12.4. The highest BCUT2D eigenvalue weighted by molar-refractivity contribution is 5.95. The van der Waals surface area contributed by atoms with Gasteiger partial charge in [0.2, 0.25) is 0 Å². The number of ether oxygens (including phenoxy) is 1. The van der Waals surface area contributed by atoms with Crippen molar-refractivity contribution in [1.29, 1.82) is 5.26 Å². The summed E-state index contributed by atoms with van der Waals surface area (Å²) in [6, 6.07) is 8.86. The minimum atomic E-state index is -0.308. The van der Waals surface area contributed by atoms with E-state index in [1.165, 1.54) is 0 Å². The zero-order valence-electron chi connectivity index (χ0n) is 10.6. The van der Waals surface area contributed by atoms with E-state index in [0.717, 1.165) is 0 Å². The number of carbonyl (C=O) groups excluding carboxylic acids is 1. The van der Waals surface area contributed by atoms with E-state index in [9.17, 15) is 4.79 Å². The summed E-state index contributed by atoms with van der Waals surface area (Å²) in [7, 11) is 0. The largest absolute Gasteiger partial charge is 0.377 e. The van der Waals surface area contributed by atoms with E-state index in [-0.39, 0.29) is 11.4 Å². The first-order valence-electron chi connectivity index (χ1n) is 5.94. The Hall–Kier alpha value is -1.86. The van der Waals surface area contributed by atoms with Crippen LogP contribution in [0.25, 0.3) is 0 Å². The van der Waals surface area contributed by atoms with E-state index in [4.69, 9.17) is 10.00 Å². The zero-order valence-corrected chi connectivity index (χ0v) is 10.6. The molecule has 0 spiro atoms. The van der Waals surface area contributed by atoms with E-state index in [1.54, 1.807) is 24.3 Å². The number of morpholine rings is 1. The second-order valence-corrected chi connectivity index (χ2v) is 5.01. The zero-order chi connectivity index (χ0) is 13.2. The van der Waals surface area contributed by atoms with Crippen LogP contribution in [0.5, 0.6) is 0 Å². The molecule has 1 aromatic rings. The molecule has 94 valence electrons. The first-order chi connectivity index (χ1) is 8.54. The number of nitriles is 1. The smallest absolute Gasteiger partial charge is 0.254 e. The van der Waals surface area contributed by atoms with Crippen molar-refractivity contribution in [1.82, 2.24) is 4.90 Å². The minimum absolute atomic E-state index is 0.0413. The Labute approximate surface area is 107 Å². The molecule has 18 heavy (non-hydrogen) atoms. The molecule has 2 rings (SSSR count). The van der Waals surface area contributed by atoms with Crippen molar-refractivity contribution in [3.8, 4) is 6.07 Å². The molecule has 1 heterocycles. The third kappa shape index (κ3) is 2.36. The summed E-state index contributed by atoms with van der Waals surface area (Å²) in [6.45, 7) is 5.66. The summed E-state index contributed by atoms with van der Waals surface area (Å²) in [6.07, 6.45) is 0. The molecule has 0 aliphatic carbocycles. The molecule has 1 saturated heterocycles. The average molecular weight is 244 g/mol. The molecule has 1 aliphatic rings. The van der Waals surface area contributed by atoms with Crippen LogP contribution in [0.4, 0.5) is 0 Å². The topological polar surface area (TPSA) is 53.3 Å². The van der Waals surface area contributed by atoms with Gasteiger partial charge < -0.3 is 9.64 Å². The lowest BCUT2D eigenvalue weighted by Crippen LogP contribution is -2.55. The van der Waals surface area contributed by atoms with Gasteiger partial charge in [0.15, 0.2) is 0 Å². The second-order valence-electron chi connectivity index (χ2n) is 5.01. The molecule has 4 heteroatoms. The molecule has 0 aromatic heterocycles.